The first kappa shape index (κ1) is 27.8. The van der Waals surface area contributed by atoms with Crippen LogP contribution in [0.5, 0.6) is 5.75 Å². The third-order valence-corrected chi connectivity index (χ3v) is 8.80. The second kappa shape index (κ2) is 10.3. The molecule has 1 aliphatic carbocycles. The smallest absolute Gasteiger partial charge is 0.338 e. The maximum atomic E-state index is 13.5. The van der Waals surface area contributed by atoms with Crippen LogP contribution in [0.25, 0.3) is 32.6 Å². The van der Waals surface area contributed by atoms with E-state index in [9.17, 15) is 15.1 Å². The number of hydrogen-bond donors (Lipinski definition) is 0. The number of rotatable bonds is 4. The maximum absolute atomic E-state index is 13.5. The van der Waals surface area contributed by atoms with E-state index in [1.165, 1.54) is 24.8 Å². The molecule has 0 radical (unpaired) electrons. The van der Waals surface area contributed by atoms with Gasteiger partial charge in [0, 0.05) is 27.9 Å². The topological polar surface area (TPSA) is 106 Å². The molecule has 2 heterocycles. The summed E-state index contributed by atoms with van der Waals surface area (Å²) in [5, 5.41) is 4.67. The number of nitrogens with zero attached hydrogens (tertiary/aromatic N) is 4. The van der Waals surface area contributed by atoms with Crippen molar-refractivity contribution in [3.8, 4) is 17.0 Å². The second-order valence-corrected chi connectivity index (χ2v) is 12.5. The zero-order valence-corrected chi connectivity index (χ0v) is 24.3. The van der Waals surface area contributed by atoms with Crippen LogP contribution in [-0.2, 0) is 16.1 Å². The van der Waals surface area contributed by atoms with E-state index in [2.05, 4.69) is 20.7 Å². The molecule has 0 N–H and O–H groups in total. The Kier molecular flexibility index (Phi) is 7.17. The predicted octanol–water partition coefficient (Wildman–Crippen LogP) is 8.28. The maximum Gasteiger partial charge on any atom is 0.338 e. The molecule has 5 rings (SSSR count). The Bertz CT molecular complexity index is 1540. The van der Waals surface area contributed by atoms with Gasteiger partial charge in [0.1, 0.15) is 11.4 Å². The van der Waals surface area contributed by atoms with Crippen molar-refractivity contribution in [3.63, 3.8) is 0 Å². The Hall–Kier alpha value is -3.77. The fraction of sp³-hybridized carbons (Fsp3) is 0.500. The number of carbonyl (C=O) groups is 2. The van der Waals surface area contributed by atoms with Gasteiger partial charge in [0.2, 0.25) is 5.91 Å². The molecule has 8 heteroatoms. The van der Waals surface area contributed by atoms with Crippen molar-refractivity contribution < 1.29 is 19.1 Å². The average molecular weight is 543 g/mol. The summed E-state index contributed by atoms with van der Waals surface area (Å²) in [5.74, 6) is -0.0843. The number of aromatic nitrogens is 1. The molecule has 3 aromatic rings. The van der Waals surface area contributed by atoms with Gasteiger partial charge in [0.15, 0.2) is 0 Å². The van der Waals surface area contributed by atoms with Crippen LogP contribution < -0.4 is 4.74 Å². The number of benzene rings is 2. The summed E-state index contributed by atoms with van der Waals surface area (Å²) < 4.78 is 13.5. The number of carbonyl (C=O) groups excluding carboxylic acids is 2. The van der Waals surface area contributed by atoms with Crippen molar-refractivity contribution in [2.75, 3.05) is 7.11 Å². The van der Waals surface area contributed by atoms with Gasteiger partial charge in [-0.3, -0.25) is 4.79 Å². The average Bonchev–Trinajstić information content (AvgIpc) is 3.19. The van der Waals surface area contributed by atoms with Crippen molar-refractivity contribution in [1.29, 1.82) is 0 Å². The molecule has 1 aromatic heterocycles. The quantitative estimate of drug-likeness (QED) is 0.143. The Morgan fingerprint density at radius 1 is 1.10 bits per heavy atom. The Labute approximate surface area is 235 Å². The number of azide groups is 1. The van der Waals surface area contributed by atoms with Crippen LogP contribution in [0.3, 0.4) is 0 Å². The van der Waals surface area contributed by atoms with Gasteiger partial charge in [-0.1, -0.05) is 39.2 Å². The van der Waals surface area contributed by atoms with E-state index < -0.39 is 16.9 Å². The zero-order chi connectivity index (χ0) is 28.8. The SMILES string of the molecule is COc1ccc2c(c1)C(C)C(C)(C(=O)N=[N+]=[N-])Cn1c-2c(C2CCCCC2)c2ccc(C(=O)OC(C)(C)C)cc21. The van der Waals surface area contributed by atoms with Gasteiger partial charge in [0.05, 0.1) is 23.8 Å². The van der Waals surface area contributed by atoms with Gasteiger partial charge in [-0.25, -0.2) is 4.79 Å². The van der Waals surface area contributed by atoms with E-state index in [0.717, 1.165) is 40.6 Å². The standard InChI is InChI=1S/C32H38N4O4/c1-19-25-17-22(39-6)13-15-23(25)28-27(20-10-8-7-9-11-20)24-14-12-21(29(37)40-31(2,3)4)16-26(24)36(28)18-32(19,5)30(38)34-35-33/h12-17,19-20H,7-11,18H2,1-6H3. The highest BCUT2D eigenvalue weighted by Gasteiger charge is 2.44. The normalized spacial score (nSPS) is 21.1. The molecule has 1 amide bonds. The molecule has 0 saturated heterocycles. The summed E-state index contributed by atoms with van der Waals surface area (Å²) in [5.41, 5.74) is 13.3. The van der Waals surface area contributed by atoms with Crippen LogP contribution in [0, 0.1) is 5.41 Å². The lowest BCUT2D eigenvalue weighted by Gasteiger charge is -2.32. The first-order valence-electron chi connectivity index (χ1n) is 14.2. The first-order chi connectivity index (χ1) is 19.0. The second-order valence-electron chi connectivity index (χ2n) is 12.5. The van der Waals surface area contributed by atoms with Crippen LogP contribution in [-0.4, -0.2) is 29.2 Å². The predicted molar refractivity (Wildman–Crippen MR) is 156 cm³/mol. The number of fused-ring (bicyclic) bond motifs is 5. The summed E-state index contributed by atoms with van der Waals surface area (Å²) >= 11 is 0. The van der Waals surface area contributed by atoms with Crippen molar-refractivity contribution in [2.45, 2.75) is 90.7 Å². The molecule has 2 aliphatic rings. The Morgan fingerprint density at radius 2 is 1.82 bits per heavy atom. The van der Waals surface area contributed by atoms with E-state index in [4.69, 9.17) is 9.47 Å². The molecule has 2 atom stereocenters. The fourth-order valence-electron chi connectivity index (χ4n) is 6.56. The van der Waals surface area contributed by atoms with Crippen LogP contribution in [0.1, 0.15) is 100 Å². The summed E-state index contributed by atoms with van der Waals surface area (Å²) in [6.07, 6.45) is 5.76. The Morgan fingerprint density at radius 3 is 2.48 bits per heavy atom. The third-order valence-electron chi connectivity index (χ3n) is 8.80. The van der Waals surface area contributed by atoms with Gasteiger partial charge < -0.3 is 14.0 Å². The van der Waals surface area contributed by atoms with Gasteiger partial charge in [-0.2, -0.15) is 0 Å². The molecular weight excluding hydrogens is 504 g/mol. The minimum atomic E-state index is -1.03. The molecule has 8 nitrogen and oxygen atoms in total. The monoisotopic (exact) mass is 542 g/mol. The highest BCUT2D eigenvalue weighted by Crippen LogP contribution is 2.52. The van der Waals surface area contributed by atoms with Crippen LogP contribution in [0.2, 0.25) is 0 Å². The lowest BCUT2D eigenvalue weighted by Crippen LogP contribution is -2.35. The molecule has 1 aliphatic heterocycles. The third kappa shape index (κ3) is 4.75. The van der Waals surface area contributed by atoms with Crippen LogP contribution in [0.4, 0.5) is 0 Å². The molecule has 1 saturated carbocycles. The molecule has 1 fully saturated rings. The summed E-state index contributed by atoms with van der Waals surface area (Å²) in [6, 6.07) is 11.8. The first-order valence-corrected chi connectivity index (χ1v) is 14.2. The van der Waals surface area contributed by atoms with E-state index in [1.807, 2.05) is 65.0 Å². The minimum absolute atomic E-state index is 0.265. The van der Waals surface area contributed by atoms with Crippen molar-refractivity contribution >= 4 is 22.8 Å². The van der Waals surface area contributed by atoms with Crippen molar-refractivity contribution in [2.24, 2.45) is 10.5 Å². The van der Waals surface area contributed by atoms with Gasteiger partial charge >= 0.3 is 5.97 Å². The minimum Gasteiger partial charge on any atom is -0.497 e. The lowest BCUT2D eigenvalue weighted by atomic mass is 9.72. The fourth-order valence-corrected chi connectivity index (χ4v) is 6.56. The molecule has 0 spiro atoms. The lowest BCUT2D eigenvalue weighted by molar-refractivity contribution is -0.128. The van der Waals surface area contributed by atoms with Crippen LogP contribution in [0.15, 0.2) is 41.5 Å². The zero-order valence-electron chi connectivity index (χ0n) is 24.3. The van der Waals surface area contributed by atoms with Crippen molar-refractivity contribution in [3.05, 3.63) is 63.5 Å². The van der Waals surface area contributed by atoms with E-state index in [0.29, 0.717) is 23.8 Å². The van der Waals surface area contributed by atoms with E-state index in [-0.39, 0.29) is 11.9 Å². The molecular formula is C32H38N4O4. The largest absolute Gasteiger partial charge is 0.497 e. The van der Waals surface area contributed by atoms with Gasteiger partial charge in [0.25, 0.3) is 0 Å². The Balaban J connectivity index is 1.85. The van der Waals surface area contributed by atoms with E-state index in [1.54, 1.807) is 7.11 Å². The van der Waals surface area contributed by atoms with Gasteiger partial charge in [-0.05, 0) is 97.6 Å². The highest BCUT2D eigenvalue weighted by molar-refractivity contribution is 6.00. The van der Waals surface area contributed by atoms with Crippen molar-refractivity contribution in [1.82, 2.24) is 4.57 Å². The number of ether oxygens (including phenoxy) is 2. The molecule has 210 valence electrons. The summed E-state index contributed by atoms with van der Waals surface area (Å²) in [7, 11) is 1.63. The molecule has 40 heavy (non-hydrogen) atoms. The number of amides is 1. The molecule has 0 bridgehead atoms. The number of methoxy groups -OCH3 is 1. The number of esters is 1. The number of hydrogen-bond acceptors (Lipinski definition) is 4. The molecule has 2 unspecified atom stereocenters. The molecule has 2 aromatic carbocycles. The van der Waals surface area contributed by atoms with Crippen LogP contribution >= 0.6 is 0 Å². The summed E-state index contributed by atoms with van der Waals surface area (Å²) in [4.78, 5) is 29.5. The summed E-state index contributed by atoms with van der Waals surface area (Å²) in [6.45, 7) is 9.76. The highest BCUT2D eigenvalue weighted by atomic mass is 16.6. The van der Waals surface area contributed by atoms with Gasteiger partial charge in [-0.15, -0.1) is 0 Å². The van der Waals surface area contributed by atoms with E-state index >= 15 is 0 Å².